The first kappa shape index (κ1) is 37.0. The molecule has 0 amide bonds. The molecule has 0 saturated heterocycles. The van der Waals surface area contributed by atoms with Crippen molar-refractivity contribution in [3.63, 3.8) is 0 Å². The fourth-order valence-corrected chi connectivity index (χ4v) is 5.33. The summed E-state index contributed by atoms with van der Waals surface area (Å²) in [5.74, 6) is 0.584. The minimum absolute atomic E-state index is 0. The van der Waals surface area contributed by atoms with Crippen molar-refractivity contribution in [2.24, 2.45) is 0 Å². The Balaban J connectivity index is 0.000000257. The molecular weight excluding hydrogens is 659 g/mol. The predicted molar refractivity (Wildman–Crippen MR) is 180 cm³/mol. The molecule has 0 fully saturated rings. The average Bonchev–Trinajstić information content (AvgIpc) is 3.56. The predicted octanol–water partition coefficient (Wildman–Crippen LogP) is 5.60. The van der Waals surface area contributed by atoms with Crippen LogP contribution in [0.3, 0.4) is 0 Å². The van der Waals surface area contributed by atoms with E-state index in [9.17, 15) is 0 Å². The zero-order valence-electron chi connectivity index (χ0n) is 26.6. The second kappa shape index (κ2) is 16.7. The largest absolute Gasteiger partial charge is 1.00 e. The fourth-order valence-electron chi connectivity index (χ4n) is 5.33. The Morgan fingerprint density at radius 2 is 1.26 bits per heavy atom. The van der Waals surface area contributed by atoms with Crippen molar-refractivity contribution in [3.05, 3.63) is 131 Å². The van der Waals surface area contributed by atoms with E-state index in [1.54, 1.807) is 23.3 Å². The van der Waals surface area contributed by atoms with Crippen LogP contribution in [0, 0.1) is 27.7 Å². The molecule has 0 saturated carbocycles. The van der Waals surface area contributed by atoms with Gasteiger partial charge in [-0.2, -0.15) is 12.1 Å². The smallest absolute Gasteiger partial charge is 0.0247 e. The molecule has 4 heteroatoms. The fraction of sp³-hybridized carbons (Fsp3) is 0.231. The maximum Gasteiger partial charge on any atom is -0.0247 e. The Morgan fingerprint density at radius 1 is 0.628 bits per heavy atom. The van der Waals surface area contributed by atoms with Crippen LogP contribution in [0.25, 0.3) is 43.8 Å². The SMILES string of the molecule is CC(C)c1cc2c(-c3ccccc3)cccc2[cH-]1.C[Si](C)=[Zr+2].Cc1cc2c(-c3cccc(C)c3C)ccc(C)c2[cH-]1.[Cl-].[Cl-]. The Hall–Kier alpha value is -2.22. The van der Waals surface area contributed by atoms with Crippen molar-refractivity contribution < 1.29 is 48.1 Å². The number of halogens is 2. The molecule has 0 nitrogen and oxygen atoms in total. The van der Waals surface area contributed by atoms with E-state index >= 15 is 0 Å². The van der Waals surface area contributed by atoms with Crippen molar-refractivity contribution >= 4 is 27.0 Å². The number of fused-ring (bicyclic) bond motifs is 2. The molecule has 0 aromatic heterocycles. The molecule has 0 unspecified atom stereocenters. The maximum absolute atomic E-state index is 2.34. The van der Waals surface area contributed by atoms with E-state index in [2.05, 4.69) is 158 Å². The molecule has 0 bridgehead atoms. The van der Waals surface area contributed by atoms with Gasteiger partial charge in [0, 0.05) is 0 Å². The van der Waals surface area contributed by atoms with Crippen molar-refractivity contribution in [1.29, 1.82) is 0 Å². The van der Waals surface area contributed by atoms with E-state index in [4.69, 9.17) is 0 Å². The Morgan fingerprint density at radius 3 is 1.91 bits per heavy atom. The van der Waals surface area contributed by atoms with E-state index in [0.717, 1.165) is 0 Å². The van der Waals surface area contributed by atoms with Gasteiger partial charge in [0.25, 0.3) is 0 Å². The van der Waals surface area contributed by atoms with E-state index < -0.39 is 0 Å². The van der Waals surface area contributed by atoms with Gasteiger partial charge in [0.05, 0.1) is 0 Å². The van der Waals surface area contributed by atoms with Gasteiger partial charge in [-0.1, -0.05) is 99.5 Å². The van der Waals surface area contributed by atoms with E-state index in [-0.39, 0.29) is 30.2 Å². The Bertz CT molecular complexity index is 1790. The third-order valence-corrected chi connectivity index (χ3v) is 7.67. The van der Waals surface area contributed by atoms with E-state index in [1.807, 2.05) is 0 Å². The van der Waals surface area contributed by atoms with Gasteiger partial charge in [-0.05, 0) is 42.0 Å². The first-order valence-corrected chi connectivity index (χ1v) is 20.7. The molecule has 0 atom stereocenters. The van der Waals surface area contributed by atoms with Gasteiger partial charge in [0.15, 0.2) is 0 Å². The molecular formula is C39H42Cl2SiZr-2. The third kappa shape index (κ3) is 9.15. The van der Waals surface area contributed by atoms with Crippen LogP contribution in [0.5, 0.6) is 0 Å². The summed E-state index contributed by atoms with van der Waals surface area (Å²) in [4.78, 5) is 0. The molecule has 0 aliphatic heterocycles. The summed E-state index contributed by atoms with van der Waals surface area (Å²) >= 11 is 1.74. The second-order valence-electron chi connectivity index (χ2n) is 11.7. The molecule has 0 heterocycles. The van der Waals surface area contributed by atoms with Gasteiger partial charge < -0.3 is 24.8 Å². The quantitative estimate of drug-likeness (QED) is 0.167. The normalized spacial score (nSPS) is 10.3. The van der Waals surface area contributed by atoms with Crippen molar-refractivity contribution in [1.82, 2.24) is 0 Å². The summed E-state index contributed by atoms with van der Waals surface area (Å²) in [6.45, 7) is 17.9. The average molecular weight is 701 g/mol. The molecule has 6 aromatic rings. The summed E-state index contributed by atoms with van der Waals surface area (Å²) < 4.78 is 0. The molecule has 222 valence electrons. The minimum Gasteiger partial charge on any atom is -1.00 e. The van der Waals surface area contributed by atoms with Gasteiger partial charge >= 0.3 is 41.9 Å². The standard InChI is InChI=1S/C19H19.C18H17.C2H6Si.2ClH.Zr/c1-12-10-18-14(3)8-9-17(19(18)11-12)16-7-5-6-13(2)15(16)4;1-13(2)16-11-15-9-6-10-17(18(15)12-16)14-7-4-3-5-8-14;1-3-2;;;/h5-11H,1-4H3;3-13H,1-2H3;1-2H3;2*1H;/q2*-1;;;;+2/p-2. The van der Waals surface area contributed by atoms with Crippen molar-refractivity contribution in [3.8, 4) is 22.3 Å². The molecule has 6 rings (SSSR count). The number of benzene rings is 4. The van der Waals surface area contributed by atoms with Crippen molar-refractivity contribution in [2.45, 2.75) is 60.6 Å². The van der Waals surface area contributed by atoms with Crippen LogP contribution in [0.15, 0.2) is 103 Å². The molecule has 0 N–H and O–H groups in total. The van der Waals surface area contributed by atoms with Crippen LogP contribution < -0.4 is 24.8 Å². The molecule has 0 radical (unpaired) electrons. The van der Waals surface area contributed by atoms with E-state index in [0.29, 0.717) is 5.92 Å². The minimum atomic E-state index is 0. The van der Waals surface area contributed by atoms with E-state index in [1.165, 1.54) is 71.6 Å². The number of hydrogen-bond acceptors (Lipinski definition) is 0. The van der Waals surface area contributed by atoms with Crippen LogP contribution in [0.2, 0.25) is 13.1 Å². The number of aryl methyl sites for hydroxylation is 3. The van der Waals surface area contributed by atoms with Crippen LogP contribution in [-0.2, 0) is 23.3 Å². The van der Waals surface area contributed by atoms with Crippen molar-refractivity contribution in [2.75, 3.05) is 0 Å². The summed E-state index contributed by atoms with van der Waals surface area (Å²) in [5.41, 5.74) is 12.4. The van der Waals surface area contributed by atoms with Gasteiger partial charge in [0.2, 0.25) is 0 Å². The first-order valence-electron chi connectivity index (χ1n) is 14.6. The molecule has 0 aliphatic rings. The second-order valence-corrected chi connectivity index (χ2v) is 21.0. The topological polar surface area (TPSA) is 0 Å². The summed E-state index contributed by atoms with van der Waals surface area (Å²) in [6, 6.07) is 37.5. The molecule has 43 heavy (non-hydrogen) atoms. The van der Waals surface area contributed by atoms with Gasteiger partial charge in [-0.3, -0.25) is 0 Å². The van der Waals surface area contributed by atoms with Crippen LogP contribution in [0.4, 0.5) is 0 Å². The van der Waals surface area contributed by atoms with Gasteiger partial charge in [-0.15, -0.1) is 68.6 Å². The summed E-state index contributed by atoms with van der Waals surface area (Å²) in [6.07, 6.45) is 0. The molecule has 0 spiro atoms. The zero-order valence-corrected chi connectivity index (χ0v) is 31.6. The molecule has 6 aromatic carbocycles. The Kier molecular flexibility index (Phi) is 14.4. The van der Waals surface area contributed by atoms with Crippen LogP contribution in [-0.4, -0.2) is 5.43 Å². The van der Waals surface area contributed by atoms with Crippen LogP contribution in [0.1, 0.15) is 47.6 Å². The molecule has 0 aliphatic carbocycles. The monoisotopic (exact) mass is 698 g/mol. The zero-order chi connectivity index (χ0) is 29.7. The summed E-state index contributed by atoms with van der Waals surface area (Å²) in [5, 5.41) is 5.48. The van der Waals surface area contributed by atoms with Gasteiger partial charge in [-0.25, -0.2) is 0 Å². The van der Waals surface area contributed by atoms with Gasteiger partial charge in [0.1, 0.15) is 0 Å². The first-order chi connectivity index (χ1) is 19.6. The number of rotatable bonds is 3. The summed E-state index contributed by atoms with van der Waals surface area (Å²) in [7, 11) is 0. The Labute approximate surface area is 286 Å². The maximum atomic E-state index is 2.34. The van der Waals surface area contributed by atoms with Crippen LogP contribution >= 0.6 is 0 Å². The third-order valence-electron chi connectivity index (χ3n) is 7.67. The number of hydrogen-bond donors (Lipinski definition) is 0.